The summed E-state index contributed by atoms with van der Waals surface area (Å²) in [5.41, 5.74) is 2.40. The van der Waals surface area contributed by atoms with Crippen LogP contribution in [-0.2, 0) is 0 Å². The number of nitrogens with zero attached hydrogens (tertiary/aromatic N) is 2. The number of hydrogen-bond acceptors (Lipinski definition) is 2. The molecule has 0 aliphatic heterocycles. The van der Waals surface area contributed by atoms with Gasteiger partial charge in [0.15, 0.2) is 0 Å². The fourth-order valence-electron chi connectivity index (χ4n) is 1.26. The van der Waals surface area contributed by atoms with E-state index < -0.39 is 0 Å². The molecule has 2 aromatic heterocycles. The fourth-order valence-corrected chi connectivity index (χ4v) is 1.87. The maximum atomic E-state index is 3.99. The van der Waals surface area contributed by atoms with Gasteiger partial charge in [0.25, 0.3) is 0 Å². The van der Waals surface area contributed by atoms with E-state index in [1.54, 1.807) is 24.8 Å². The number of alkyl halides is 1. The molecule has 2 heterocycles. The van der Waals surface area contributed by atoms with Gasteiger partial charge in [-0.15, -0.1) is 0 Å². The monoisotopic (exact) mass is 248 g/mol. The molecule has 3 heteroatoms. The van der Waals surface area contributed by atoms with E-state index in [0.717, 1.165) is 0 Å². The van der Waals surface area contributed by atoms with Gasteiger partial charge in [0.2, 0.25) is 0 Å². The Labute approximate surface area is 91.2 Å². The van der Waals surface area contributed by atoms with Crippen LogP contribution in [0.2, 0.25) is 0 Å². The number of rotatable bonds is 2. The van der Waals surface area contributed by atoms with Crippen molar-refractivity contribution in [3.63, 3.8) is 0 Å². The van der Waals surface area contributed by atoms with Crippen LogP contribution in [0.4, 0.5) is 0 Å². The quantitative estimate of drug-likeness (QED) is 0.764. The third kappa shape index (κ3) is 1.99. The van der Waals surface area contributed by atoms with E-state index in [-0.39, 0.29) is 4.83 Å². The molecule has 14 heavy (non-hydrogen) atoms. The second kappa shape index (κ2) is 4.33. The van der Waals surface area contributed by atoms with Gasteiger partial charge < -0.3 is 0 Å². The molecule has 2 aromatic rings. The fraction of sp³-hybridized carbons (Fsp3) is 0.0909. The summed E-state index contributed by atoms with van der Waals surface area (Å²) < 4.78 is 0. The standard InChI is InChI=1S/C11H9BrN2/c12-11(9-1-5-13-6-2-9)10-3-7-14-8-4-10/h1-8,11H. The summed E-state index contributed by atoms with van der Waals surface area (Å²) in [7, 11) is 0. The summed E-state index contributed by atoms with van der Waals surface area (Å²) in [6.45, 7) is 0. The van der Waals surface area contributed by atoms with Crippen LogP contribution in [0.25, 0.3) is 0 Å². The van der Waals surface area contributed by atoms with E-state index in [1.807, 2.05) is 24.3 Å². The molecule has 0 N–H and O–H groups in total. The van der Waals surface area contributed by atoms with Crippen LogP contribution in [-0.4, -0.2) is 9.97 Å². The first-order valence-electron chi connectivity index (χ1n) is 4.32. The number of pyridine rings is 2. The highest BCUT2D eigenvalue weighted by atomic mass is 79.9. The Bertz CT molecular complexity index is 349. The van der Waals surface area contributed by atoms with Crippen molar-refractivity contribution in [1.29, 1.82) is 0 Å². The van der Waals surface area contributed by atoms with Crippen LogP contribution in [0.5, 0.6) is 0 Å². The van der Waals surface area contributed by atoms with E-state index in [9.17, 15) is 0 Å². The molecule has 0 spiro atoms. The van der Waals surface area contributed by atoms with Gasteiger partial charge in [-0.2, -0.15) is 0 Å². The van der Waals surface area contributed by atoms with Crippen LogP contribution in [0.3, 0.4) is 0 Å². The highest BCUT2D eigenvalue weighted by Crippen LogP contribution is 2.29. The van der Waals surface area contributed by atoms with E-state index in [4.69, 9.17) is 0 Å². The average Bonchev–Trinajstić information content (AvgIpc) is 2.30. The number of hydrogen-bond donors (Lipinski definition) is 0. The third-order valence-corrected chi connectivity index (χ3v) is 3.05. The molecule has 0 saturated carbocycles. The summed E-state index contributed by atoms with van der Waals surface area (Å²) in [5.74, 6) is 0. The molecule has 2 nitrogen and oxygen atoms in total. The van der Waals surface area contributed by atoms with Gasteiger partial charge in [-0.25, -0.2) is 0 Å². The lowest BCUT2D eigenvalue weighted by molar-refractivity contribution is 1.13. The van der Waals surface area contributed by atoms with Crippen LogP contribution >= 0.6 is 15.9 Å². The summed E-state index contributed by atoms with van der Waals surface area (Å²) >= 11 is 3.64. The van der Waals surface area contributed by atoms with Crippen LogP contribution in [0, 0.1) is 0 Å². The summed E-state index contributed by atoms with van der Waals surface area (Å²) in [6, 6.07) is 8.00. The Kier molecular flexibility index (Phi) is 2.89. The van der Waals surface area contributed by atoms with Gasteiger partial charge in [-0.1, -0.05) is 15.9 Å². The first-order chi connectivity index (χ1) is 6.88. The van der Waals surface area contributed by atoms with Crippen molar-refractivity contribution in [3.8, 4) is 0 Å². The van der Waals surface area contributed by atoms with Crippen molar-refractivity contribution in [2.24, 2.45) is 0 Å². The van der Waals surface area contributed by atoms with Gasteiger partial charge in [0, 0.05) is 24.8 Å². The molecule has 0 unspecified atom stereocenters. The topological polar surface area (TPSA) is 25.8 Å². The van der Waals surface area contributed by atoms with Gasteiger partial charge in [0.05, 0.1) is 4.83 Å². The molecule has 2 rings (SSSR count). The number of halogens is 1. The summed E-state index contributed by atoms with van der Waals surface area (Å²) in [5, 5.41) is 0. The zero-order chi connectivity index (χ0) is 9.80. The average molecular weight is 249 g/mol. The van der Waals surface area contributed by atoms with E-state index in [1.165, 1.54) is 11.1 Å². The molecule has 0 amide bonds. The lowest BCUT2D eigenvalue weighted by atomic mass is 10.1. The molecule has 0 aromatic carbocycles. The predicted molar refractivity (Wildman–Crippen MR) is 59.2 cm³/mol. The molecular formula is C11H9BrN2. The third-order valence-electron chi connectivity index (χ3n) is 2.00. The van der Waals surface area contributed by atoms with E-state index >= 15 is 0 Å². The molecule has 0 radical (unpaired) electrons. The normalized spacial score (nSPS) is 10.4. The molecule has 0 fully saturated rings. The van der Waals surface area contributed by atoms with Crippen LogP contribution in [0.15, 0.2) is 49.1 Å². The second-order valence-electron chi connectivity index (χ2n) is 2.92. The first-order valence-corrected chi connectivity index (χ1v) is 5.23. The van der Waals surface area contributed by atoms with Crippen molar-refractivity contribution < 1.29 is 0 Å². The SMILES string of the molecule is BrC(c1ccncc1)c1ccncc1. The zero-order valence-electron chi connectivity index (χ0n) is 7.47. The summed E-state index contributed by atoms with van der Waals surface area (Å²) in [6.07, 6.45) is 7.19. The second-order valence-corrected chi connectivity index (χ2v) is 3.84. The first kappa shape index (κ1) is 9.34. The zero-order valence-corrected chi connectivity index (χ0v) is 9.05. The molecule has 70 valence electrons. The smallest absolute Gasteiger partial charge is 0.0646 e. The lowest BCUT2D eigenvalue weighted by Gasteiger charge is -2.09. The van der Waals surface area contributed by atoms with Crippen molar-refractivity contribution in [1.82, 2.24) is 9.97 Å². The minimum atomic E-state index is 0.216. The molecule has 0 aliphatic carbocycles. The Morgan fingerprint density at radius 3 is 1.50 bits per heavy atom. The maximum absolute atomic E-state index is 3.99. The van der Waals surface area contributed by atoms with Gasteiger partial charge in [-0.05, 0) is 35.4 Å². The number of aromatic nitrogens is 2. The predicted octanol–water partition coefficient (Wildman–Crippen LogP) is 2.96. The van der Waals surface area contributed by atoms with Gasteiger partial charge in [-0.3, -0.25) is 9.97 Å². The molecule has 0 atom stereocenters. The Balaban J connectivity index is 2.30. The van der Waals surface area contributed by atoms with E-state index in [0.29, 0.717) is 0 Å². The maximum Gasteiger partial charge on any atom is 0.0646 e. The van der Waals surface area contributed by atoms with Gasteiger partial charge >= 0.3 is 0 Å². The molecule has 0 saturated heterocycles. The Morgan fingerprint density at radius 2 is 1.14 bits per heavy atom. The minimum absolute atomic E-state index is 0.216. The van der Waals surface area contributed by atoms with Gasteiger partial charge in [0.1, 0.15) is 0 Å². The van der Waals surface area contributed by atoms with Crippen molar-refractivity contribution in [2.75, 3.05) is 0 Å². The minimum Gasteiger partial charge on any atom is -0.265 e. The van der Waals surface area contributed by atoms with Crippen molar-refractivity contribution in [2.45, 2.75) is 4.83 Å². The van der Waals surface area contributed by atoms with Crippen LogP contribution in [0.1, 0.15) is 16.0 Å². The highest BCUT2D eigenvalue weighted by molar-refractivity contribution is 9.09. The molecule has 0 aliphatic rings. The van der Waals surface area contributed by atoms with Crippen LogP contribution < -0.4 is 0 Å². The Hall–Kier alpha value is -1.22. The summed E-state index contributed by atoms with van der Waals surface area (Å²) in [4.78, 5) is 8.19. The largest absolute Gasteiger partial charge is 0.265 e. The lowest BCUT2D eigenvalue weighted by Crippen LogP contribution is -1.92. The van der Waals surface area contributed by atoms with Crippen molar-refractivity contribution >= 4 is 15.9 Å². The van der Waals surface area contributed by atoms with E-state index in [2.05, 4.69) is 25.9 Å². The Morgan fingerprint density at radius 1 is 0.786 bits per heavy atom. The van der Waals surface area contributed by atoms with Crippen molar-refractivity contribution in [3.05, 3.63) is 60.2 Å². The highest BCUT2D eigenvalue weighted by Gasteiger charge is 2.08. The molecule has 0 bridgehead atoms. The molecular weight excluding hydrogens is 240 g/mol.